The van der Waals surface area contributed by atoms with Crippen molar-refractivity contribution in [3.63, 3.8) is 0 Å². The number of guanidine groups is 1. The molecule has 1 saturated carbocycles. The molecule has 1 amide bonds. The van der Waals surface area contributed by atoms with E-state index in [9.17, 15) is 66.1 Å². The van der Waals surface area contributed by atoms with Crippen molar-refractivity contribution < 1.29 is 85.1 Å². The van der Waals surface area contributed by atoms with Gasteiger partial charge in [0.2, 0.25) is 5.75 Å². The number of aliphatic hydroxyl groups excluding tert-OH is 6. The van der Waals surface area contributed by atoms with Gasteiger partial charge in [-0.25, -0.2) is 14.8 Å². The highest BCUT2D eigenvalue weighted by molar-refractivity contribution is 6.13. The first-order chi connectivity index (χ1) is 41.3. The van der Waals surface area contributed by atoms with Gasteiger partial charge in [-0.2, -0.15) is 0 Å². The van der Waals surface area contributed by atoms with Gasteiger partial charge in [-0.05, 0) is 117 Å². The third-order valence-corrected chi connectivity index (χ3v) is 18.3. The predicted octanol–water partition coefficient (Wildman–Crippen LogP) is 3.29. The Labute approximate surface area is 495 Å². The van der Waals surface area contributed by atoms with Crippen LogP contribution in [0.25, 0.3) is 6.08 Å². The number of phenolic OH excluding ortho intramolecular Hbond substituents is 4. The summed E-state index contributed by atoms with van der Waals surface area (Å²) < 4.78 is 11.1. The number of H-pyrrole nitrogens is 1. The number of carbonyl (C=O) groups is 3. The molecule has 0 unspecified atom stereocenters. The van der Waals surface area contributed by atoms with E-state index in [1.54, 1.807) is 12.1 Å². The van der Waals surface area contributed by atoms with E-state index in [0.717, 1.165) is 34.5 Å². The number of benzene rings is 4. The summed E-state index contributed by atoms with van der Waals surface area (Å²) in [5, 5.41) is 141. The number of carboxylic acid groups (broad SMARTS) is 1. The highest BCUT2D eigenvalue weighted by Crippen LogP contribution is 2.72. The number of nitrogens with zero attached hydrogens (tertiary/aromatic N) is 3. The number of aldehydes is 1. The highest BCUT2D eigenvalue weighted by Gasteiger charge is 2.72. The number of ether oxygens (including phenoxy) is 2. The number of aliphatic hydroxyl groups is 7. The number of phenols is 4. The minimum atomic E-state index is -3.37. The molecule has 0 spiro atoms. The van der Waals surface area contributed by atoms with E-state index >= 15 is 9.59 Å². The molecular weight excluding hydrogens is 1110 g/mol. The summed E-state index contributed by atoms with van der Waals surface area (Å²) in [6.45, 7) is -0.719. The Morgan fingerprint density at radius 3 is 2.47 bits per heavy atom. The number of aliphatic imine (C=N–C) groups is 1. The number of rotatable bonds is 22. The average Bonchev–Trinajstić information content (AvgIpc) is 1.47. The van der Waals surface area contributed by atoms with Gasteiger partial charge in [0.25, 0.3) is 5.91 Å². The lowest BCUT2D eigenvalue weighted by Gasteiger charge is -2.58. The van der Waals surface area contributed by atoms with Crippen molar-refractivity contribution in [2.24, 2.45) is 28.5 Å². The summed E-state index contributed by atoms with van der Waals surface area (Å²) in [6, 6.07) is 20.1. The highest BCUT2D eigenvalue weighted by atomic mass is 16.8. The maximum Gasteiger partial charge on any atom is 0.355 e. The first-order valence-electron chi connectivity index (χ1n) is 29.1. The zero-order valence-corrected chi connectivity index (χ0v) is 47.2. The van der Waals surface area contributed by atoms with Gasteiger partial charge < -0.3 is 91.6 Å². The van der Waals surface area contributed by atoms with Crippen LogP contribution in [0.5, 0.6) is 28.7 Å². The summed E-state index contributed by atoms with van der Waals surface area (Å²) in [6.07, 6.45) is 0.883. The molecule has 0 bridgehead atoms. The number of anilines is 1. The van der Waals surface area contributed by atoms with Crippen LogP contribution in [0.4, 0.5) is 5.69 Å². The van der Waals surface area contributed by atoms with Gasteiger partial charge >= 0.3 is 11.9 Å². The Kier molecular flexibility index (Phi) is 18.0. The molecule has 3 heterocycles. The van der Waals surface area contributed by atoms with Gasteiger partial charge in [0.15, 0.2) is 29.1 Å². The van der Waals surface area contributed by atoms with E-state index in [0.29, 0.717) is 91.7 Å². The van der Waals surface area contributed by atoms with E-state index in [1.165, 1.54) is 36.7 Å². The maximum absolute atomic E-state index is 15.7. The first kappa shape index (κ1) is 61.2. The second-order valence-electron chi connectivity index (χ2n) is 23.2. The summed E-state index contributed by atoms with van der Waals surface area (Å²) in [5.74, 6) is -12.8. The van der Waals surface area contributed by atoms with Gasteiger partial charge in [0.05, 0.1) is 37.0 Å². The number of nitrogens with two attached hydrogens (primary N) is 1. The molecule has 2 fully saturated rings. The third-order valence-electron chi connectivity index (χ3n) is 18.3. The molecule has 12 atom stereocenters. The number of aromatic hydroxyl groups is 4. The number of carbonyl (C=O) groups excluding carboxylic acids is 2. The van der Waals surface area contributed by atoms with Crippen LogP contribution in [0, 0.1) is 17.8 Å². The van der Waals surface area contributed by atoms with Crippen molar-refractivity contribution >= 4 is 35.9 Å². The number of carboxylic acids is 1. The Balaban J connectivity index is 1.10. The molecule has 16 N–H and O–H groups in total. The first-order valence-corrected chi connectivity index (χ1v) is 29.1. The fourth-order valence-corrected chi connectivity index (χ4v) is 14.5. The van der Waals surface area contributed by atoms with Crippen molar-refractivity contribution in [3.8, 4) is 28.7 Å². The number of aromatic amines is 1. The van der Waals surface area contributed by atoms with Gasteiger partial charge in [-0.1, -0.05) is 60.5 Å². The zero-order valence-electron chi connectivity index (χ0n) is 47.2. The van der Waals surface area contributed by atoms with Crippen molar-refractivity contribution in [3.05, 3.63) is 142 Å². The molecule has 458 valence electrons. The topological polar surface area (TPSA) is 395 Å². The summed E-state index contributed by atoms with van der Waals surface area (Å²) >= 11 is 0. The smallest absolute Gasteiger partial charge is 0.355 e. The minimum Gasteiger partial charge on any atom is -0.508 e. The van der Waals surface area contributed by atoms with Gasteiger partial charge in [0.1, 0.15) is 36.1 Å². The Morgan fingerprint density at radius 2 is 1.72 bits per heavy atom. The van der Waals surface area contributed by atoms with Crippen LogP contribution in [-0.2, 0) is 50.3 Å². The standard InChI is InChI=1S/C63H74N6O17/c64-60(66-30-35-8-2-1-3-9-35)65-24-6-13-41(73)21-19-37-29-61(59(82)83)53(52(37)62-39(11-5-12-40(62)31-71)20-18-36-10-4-15-46(75)51(36)62)50-44(28-47(54(77)56(50)79)85-63(84)58(81)57(80)55(78)48(32-72)86-63)69(61)49(76)23-17-34-16-22-45(74)38(26-34)27-43-42(14-7-25-70)67-33-68-43/h1-4,8-10,15-17,22-23,25-26,28-29,33,39-41,48,52-53,55,57-58,71-75,77-81,84H,5-7,11-14,18-21,24,27,30-32H2,(H,67,68)(H,82,83)(H3,64,65,66)/b23-17+/t39-,40-,41+,48-,52-,53+,55-,57+,58-,61-,62+,63+/m1/s1. The third kappa shape index (κ3) is 11.1. The summed E-state index contributed by atoms with van der Waals surface area (Å²) in [5.41, 5.74) is 6.21. The van der Waals surface area contributed by atoms with Crippen molar-refractivity contribution in [1.82, 2.24) is 15.3 Å². The second kappa shape index (κ2) is 25.2. The van der Waals surface area contributed by atoms with Crippen LogP contribution in [0.15, 0.2) is 102 Å². The molecule has 4 aromatic carbocycles. The predicted molar refractivity (Wildman–Crippen MR) is 311 cm³/mol. The zero-order chi connectivity index (χ0) is 61.2. The van der Waals surface area contributed by atoms with E-state index in [2.05, 4.69) is 20.3 Å². The molecule has 1 aromatic heterocycles. The van der Waals surface area contributed by atoms with Crippen LogP contribution < -0.4 is 20.7 Å². The number of imidazole rings is 1. The van der Waals surface area contributed by atoms with Crippen molar-refractivity contribution in [2.45, 2.75) is 137 Å². The van der Waals surface area contributed by atoms with Crippen LogP contribution in [0.3, 0.4) is 0 Å². The quantitative estimate of drug-likeness (QED) is 0.00691. The molecule has 0 radical (unpaired) electrons. The molecule has 23 heteroatoms. The van der Waals surface area contributed by atoms with Gasteiger partial charge in [0, 0.05) is 77.8 Å². The lowest BCUT2D eigenvalue weighted by atomic mass is 9.45. The molecular formula is C63H74N6O17. The number of allylic oxidation sites excluding steroid dienone is 1. The van der Waals surface area contributed by atoms with Crippen LogP contribution in [0.2, 0.25) is 0 Å². The fraction of sp³-hybridized carbons (Fsp3) is 0.444. The largest absolute Gasteiger partial charge is 0.508 e. The lowest BCUT2D eigenvalue weighted by Crippen LogP contribution is -2.67. The van der Waals surface area contributed by atoms with Gasteiger partial charge in [-0.15, -0.1) is 0 Å². The van der Waals surface area contributed by atoms with E-state index in [-0.39, 0.29) is 66.7 Å². The number of aryl methyl sites for hydroxylation is 2. The maximum atomic E-state index is 15.7. The average molecular weight is 1190 g/mol. The van der Waals surface area contributed by atoms with E-state index < -0.39 is 108 Å². The van der Waals surface area contributed by atoms with Crippen LogP contribution in [-0.4, -0.2) is 157 Å². The van der Waals surface area contributed by atoms with E-state index in [4.69, 9.17) is 15.2 Å². The number of nitrogens with one attached hydrogen (secondary N) is 2. The number of hydrogen-bond donors (Lipinski definition) is 15. The summed E-state index contributed by atoms with van der Waals surface area (Å²) in [7, 11) is 0. The Bertz CT molecular complexity index is 3410. The van der Waals surface area contributed by atoms with Gasteiger partial charge in [-0.3, -0.25) is 9.69 Å². The molecule has 5 aromatic rings. The fourth-order valence-electron chi connectivity index (χ4n) is 14.5. The SMILES string of the molecule is NC(=NCc1ccccc1)NCCC[C@H](O)CCC1=C[C@]2(C(=O)O)[C@@H](c3c(cc(O[C@]4(O)O[C@H](CO)[C@@H](O)[C@H](O)[C@H]4O)c(O)c3O)N2C(=O)/C=C/c2ccc(O)c(Cc3[nH]cnc3CCC=O)c2)[C@@H]1[C@@]12c3c(O)cccc3CC[C@H]1CCC[C@@H]2CO. The van der Waals surface area contributed by atoms with Crippen LogP contribution in [0.1, 0.15) is 108 Å². The minimum absolute atomic E-state index is 0.00803. The number of amides is 1. The Morgan fingerprint density at radius 1 is 0.930 bits per heavy atom. The van der Waals surface area contributed by atoms with Crippen molar-refractivity contribution in [2.75, 3.05) is 24.7 Å². The normalized spacial score (nSPS) is 28.1. The molecule has 1 saturated heterocycles. The number of aromatic nitrogens is 2. The van der Waals surface area contributed by atoms with E-state index in [1.807, 2.05) is 36.4 Å². The molecule has 86 heavy (non-hydrogen) atoms. The Hall–Kier alpha value is -7.87. The summed E-state index contributed by atoms with van der Waals surface area (Å²) in [4.78, 5) is 54.6. The lowest BCUT2D eigenvalue weighted by molar-refractivity contribution is -0.422. The molecule has 2 aliphatic heterocycles. The van der Waals surface area contributed by atoms with Crippen LogP contribution >= 0.6 is 0 Å². The molecule has 3 aliphatic carbocycles. The number of hydrogen-bond acceptors (Lipinski definition) is 18. The molecule has 10 rings (SSSR count). The number of aliphatic carboxylic acids is 1. The number of fused-ring (bicyclic) bond motifs is 6. The van der Waals surface area contributed by atoms with Crippen molar-refractivity contribution in [1.29, 1.82) is 0 Å². The molecule has 5 aliphatic rings. The monoisotopic (exact) mass is 1190 g/mol. The molecule has 23 nitrogen and oxygen atoms in total. The second-order valence-corrected chi connectivity index (χ2v) is 23.2.